The van der Waals surface area contributed by atoms with Gasteiger partial charge in [0.25, 0.3) is 0 Å². The van der Waals surface area contributed by atoms with Gasteiger partial charge in [0.1, 0.15) is 17.9 Å². The van der Waals surface area contributed by atoms with Crippen LogP contribution < -0.4 is 4.74 Å². The molecule has 0 aliphatic carbocycles. The van der Waals surface area contributed by atoms with E-state index in [-0.39, 0.29) is 5.56 Å². The first-order chi connectivity index (χ1) is 9.45. The molecule has 0 fully saturated rings. The lowest BCUT2D eigenvalue weighted by molar-refractivity contribution is 0.0691. The Morgan fingerprint density at radius 2 is 1.80 bits per heavy atom. The van der Waals surface area contributed by atoms with Crippen molar-refractivity contribution in [2.45, 2.75) is 20.5 Å². The molecule has 0 amide bonds. The molecule has 0 spiro atoms. The van der Waals surface area contributed by atoms with Crippen molar-refractivity contribution in [3.63, 3.8) is 0 Å². The molecule has 2 aromatic rings. The number of rotatable bonds is 4. The molecule has 0 aliphatic rings. The summed E-state index contributed by atoms with van der Waals surface area (Å²) in [4.78, 5) is 11.2. The number of carboxylic acid groups (broad SMARTS) is 1. The molecular formula is C16H15ClO3. The Bertz CT molecular complexity index is 630. The summed E-state index contributed by atoms with van der Waals surface area (Å²) in [5.41, 5.74) is 3.38. The van der Waals surface area contributed by atoms with Crippen LogP contribution in [0.25, 0.3) is 0 Å². The maximum atomic E-state index is 11.2. The molecule has 0 radical (unpaired) electrons. The van der Waals surface area contributed by atoms with E-state index in [0.717, 1.165) is 16.7 Å². The van der Waals surface area contributed by atoms with Gasteiger partial charge in [-0.3, -0.25) is 0 Å². The maximum absolute atomic E-state index is 11.2. The van der Waals surface area contributed by atoms with E-state index in [9.17, 15) is 4.79 Å². The summed E-state index contributed by atoms with van der Waals surface area (Å²) in [6.45, 7) is 4.35. The lowest BCUT2D eigenvalue weighted by atomic mass is 10.1. The van der Waals surface area contributed by atoms with Crippen molar-refractivity contribution in [1.82, 2.24) is 0 Å². The van der Waals surface area contributed by atoms with E-state index in [4.69, 9.17) is 21.4 Å². The summed E-state index contributed by atoms with van der Waals surface area (Å²) in [5.74, 6) is -0.732. The van der Waals surface area contributed by atoms with Crippen LogP contribution in [0.3, 0.4) is 0 Å². The predicted octanol–water partition coefficient (Wildman–Crippen LogP) is 4.23. The van der Waals surface area contributed by atoms with Crippen LogP contribution >= 0.6 is 11.6 Å². The van der Waals surface area contributed by atoms with Gasteiger partial charge >= 0.3 is 5.97 Å². The zero-order valence-corrected chi connectivity index (χ0v) is 12.1. The molecule has 1 N–H and O–H groups in total. The Balaban J connectivity index is 2.20. The summed E-state index contributed by atoms with van der Waals surface area (Å²) < 4.78 is 5.61. The largest absolute Gasteiger partial charge is 0.488 e. The number of hydrogen-bond acceptors (Lipinski definition) is 2. The number of ether oxygens (including phenoxy) is 1. The number of hydrogen-bond donors (Lipinski definition) is 1. The zero-order chi connectivity index (χ0) is 14.7. The van der Waals surface area contributed by atoms with Crippen molar-refractivity contribution >= 4 is 17.6 Å². The van der Waals surface area contributed by atoms with Gasteiger partial charge in [-0.2, -0.15) is 0 Å². The highest BCUT2D eigenvalue weighted by Crippen LogP contribution is 2.24. The Kier molecular flexibility index (Phi) is 4.30. The first-order valence-corrected chi connectivity index (χ1v) is 6.56. The third-order valence-electron chi connectivity index (χ3n) is 2.85. The summed E-state index contributed by atoms with van der Waals surface area (Å²) in [7, 11) is 0. The van der Waals surface area contributed by atoms with E-state index < -0.39 is 5.97 Å². The number of benzene rings is 2. The standard InChI is InChI=1S/C16H15ClO3/c1-10-5-11(2)7-12(6-10)9-20-15-4-3-13(17)8-14(15)16(18)19/h3-8H,9H2,1-2H3,(H,18,19). The quantitative estimate of drug-likeness (QED) is 0.916. The predicted molar refractivity (Wildman–Crippen MR) is 78.7 cm³/mol. The van der Waals surface area contributed by atoms with Crippen molar-refractivity contribution in [3.8, 4) is 5.75 Å². The average molecular weight is 291 g/mol. The Morgan fingerprint density at radius 1 is 1.15 bits per heavy atom. The summed E-state index contributed by atoms with van der Waals surface area (Å²) in [6.07, 6.45) is 0. The first kappa shape index (κ1) is 14.4. The van der Waals surface area contributed by atoms with Gasteiger partial charge < -0.3 is 9.84 Å². The second kappa shape index (κ2) is 5.97. The van der Waals surface area contributed by atoms with Crippen molar-refractivity contribution < 1.29 is 14.6 Å². The number of halogens is 1. The van der Waals surface area contributed by atoms with E-state index >= 15 is 0 Å². The minimum Gasteiger partial charge on any atom is -0.488 e. The van der Waals surface area contributed by atoms with E-state index in [1.54, 1.807) is 12.1 Å². The third kappa shape index (κ3) is 3.52. The fourth-order valence-corrected chi connectivity index (χ4v) is 2.28. The first-order valence-electron chi connectivity index (χ1n) is 6.18. The van der Waals surface area contributed by atoms with E-state index in [1.807, 2.05) is 26.0 Å². The van der Waals surface area contributed by atoms with Crippen molar-refractivity contribution in [2.24, 2.45) is 0 Å². The van der Waals surface area contributed by atoms with Crippen molar-refractivity contribution in [2.75, 3.05) is 0 Å². The van der Waals surface area contributed by atoms with Gasteiger partial charge in [-0.15, -0.1) is 0 Å². The smallest absolute Gasteiger partial charge is 0.339 e. The molecule has 0 saturated heterocycles. The van der Waals surface area contributed by atoms with Gasteiger partial charge in [0, 0.05) is 5.02 Å². The number of aryl methyl sites for hydroxylation is 2. The van der Waals surface area contributed by atoms with E-state index in [1.165, 1.54) is 6.07 Å². The van der Waals surface area contributed by atoms with Gasteiger partial charge in [-0.05, 0) is 37.6 Å². The highest BCUT2D eigenvalue weighted by atomic mass is 35.5. The summed E-state index contributed by atoms with van der Waals surface area (Å²) >= 11 is 5.80. The van der Waals surface area contributed by atoms with E-state index in [2.05, 4.69) is 6.07 Å². The van der Waals surface area contributed by atoms with Crippen LogP contribution in [0.1, 0.15) is 27.0 Å². The second-order valence-electron chi connectivity index (χ2n) is 4.73. The molecule has 0 unspecified atom stereocenters. The fraction of sp³-hybridized carbons (Fsp3) is 0.188. The van der Waals surface area contributed by atoms with Crippen molar-refractivity contribution in [3.05, 3.63) is 63.7 Å². The third-order valence-corrected chi connectivity index (χ3v) is 3.08. The average Bonchev–Trinajstić information content (AvgIpc) is 2.36. The van der Waals surface area contributed by atoms with Gasteiger partial charge in [0.15, 0.2) is 0 Å². The minimum absolute atomic E-state index is 0.0712. The van der Waals surface area contributed by atoms with Gasteiger partial charge in [0.05, 0.1) is 0 Å². The van der Waals surface area contributed by atoms with Crippen LogP contribution in [0.2, 0.25) is 5.02 Å². The van der Waals surface area contributed by atoms with Crippen LogP contribution in [0, 0.1) is 13.8 Å². The topological polar surface area (TPSA) is 46.5 Å². The van der Waals surface area contributed by atoms with Gasteiger partial charge in [-0.1, -0.05) is 40.9 Å². The molecule has 0 aromatic heterocycles. The molecule has 0 aliphatic heterocycles. The number of carboxylic acids is 1. The van der Waals surface area contributed by atoms with E-state index in [0.29, 0.717) is 17.4 Å². The zero-order valence-electron chi connectivity index (χ0n) is 11.3. The molecule has 0 heterocycles. The molecule has 2 rings (SSSR count). The Labute approximate surface area is 122 Å². The Hall–Kier alpha value is -2.00. The molecule has 104 valence electrons. The molecule has 0 bridgehead atoms. The fourth-order valence-electron chi connectivity index (χ4n) is 2.11. The van der Waals surface area contributed by atoms with Crippen LogP contribution in [0.15, 0.2) is 36.4 Å². The molecular weight excluding hydrogens is 276 g/mol. The maximum Gasteiger partial charge on any atom is 0.339 e. The molecule has 0 saturated carbocycles. The summed E-state index contributed by atoms with van der Waals surface area (Å²) in [5, 5.41) is 9.51. The van der Waals surface area contributed by atoms with Crippen LogP contribution in [0.5, 0.6) is 5.75 Å². The number of aromatic carboxylic acids is 1. The molecule has 2 aromatic carbocycles. The lowest BCUT2D eigenvalue weighted by Crippen LogP contribution is -2.03. The van der Waals surface area contributed by atoms with Crippen molar-refractivity contribution in [1.29, 1.82) is 0 Å². The normalized spacial score (nSPS) is 10.3. The van der Waals surface area contributed by atoms with Crippen LogP contribution in [-0.2, 0) is 6.61 Å². The minimum atomic E-state index is -1.05. The lowest BCUT2D eigenvalue weighted by Gasteiger charge is -2.10. The highest BCUT2D eigenvalue weighted by molar-refractivity contribution is 6.31. The number of carbonyl (C=O) groups is 1. The van der Waals surface area contributed by atoms with Gasteiger partial charge in [0.2, 0.25) is 0 Å². The molecule has 0 atom stereocenters. The second-order valence-corrected chi connectivity index (χ2v) is 5.17. The monoisotopic (exact) mass is 290 g/mol. The SMILES string of the molecule is Cc1cc(C)cc(COc2ccc(Cl)cc2C(=O)O)c1. The molecule has 4 heteroatoms. The Morgan fingerprint density at radius 3 is 2.40 bits per heavy atom. The van der Waals surface area contributed by atoms with Gasteiger partial charge in [-0.25, -0.2) is 4.79 Å². The molecule has 3 nitrogen and oxygen atoms in total. The highest BCUT2D eigenvalue weighted by Gasteiger charge is 2.12. The molecule has 20 heavy (non-hydrogen) atoms. The van der Waals surface area contributed by atoms with Crippen LogP contribution in [-0.4, -0.2) is 11.1 Å². The van der Waals surface area contributed by atoms with Crippen LogP contribution in [0.4, 0.5) is 0 Å². The summed E-state index contributed by atoms with van der Waals surface area (Å²) in [6, 6.07) is 10.7.